The van der Waals surface area contributed by atoms with Crippen molar-refractivity contribution in [2.24, 2.45) is 0 Å². The molecule has 0 heterocycles. The van der Waals surface area contributed by atoms with E-state index < -0.39 is 6.10 Å². The number of nitrogens with one attached hydrogen (secondary N) is 1. The molecule has 3 nitrogen and oxygen atoms in total. The smallest absolute Gasteiger partial charge is 0.261 e. The molecule has 0 aliphatic heterocycles. The molecule has 28 heavy (non-hydrogen) atoms. The van der Waals surface area contributed by atoms with E-state index in [9.17, 15) is 4.79 Å². The SMILES string of the molecule is Cc1ccc(C(C)C)c(O[C@@H](C)C(=O)N[C@H](C)c2ccc3c(c2)CCCC3)c1. The predicted octanol–water partition coefficient (Wildman–Crippen LogP) is 5.64. The zero-order valence-electron chi connectivity index (χ0n) is 17.8. The number of hydrogen-bond donors (Lipinski definition) is 1. The van der Waals surface area contributed by atoms with E-state index in [1.54, 1.807) is 0 Å². The fourth-order valence-electron chi connectivity index (χ4n) is 3.90. The Morgan fingerprint density at radius 2 is 1.68 bits per heavy atom. The van der Waals surface area contributed by atoms with Crippen molar-refractivity contribution in [2.45, 2.75) is 78.4 Å². The molecule has 2 aromatic rings. The lowest BCUT2D eigenvalue weighted by atomic mass is 9.89. The molecule has 1 aliphatic carbocycles. The van der Waals surface area contributed by atoms with Gasteiger partial charge in [0.2, 0.25) is 0 Å². The van der Waals surface area contributed by atoms with Crippen molar-refractivity contribution in [3.8, 4) is 5.75 Å². The van der Waals surface area contributed by atoms with Crippen molar-refractivity contribution in [2.75, 3.05) is 0 Å². The van der Waals surface area contributed by atoms with Gasteiger partial charge in [-0.2, -0.15) is 0 Å². The molecular formula is C25H33NO2. The molecule has 0 radical (unpaired) electrons. The maximum absolute atomic E-state index is 12.7. The number of ether oxygens (including phenoxy) is 1. The van der Waals surface area contributed by atoms with Crippen molar-refractivity contribution >= 4 is 5.91 Å². The van der Waals surface area contributed by atoms with E-state index in [1.165, 1.54) is 36.0 Å². The van der Waals surface area contributed by atoms with E-state index in [4.69, 9.17) is 4.74 Å². The van der Waals surface area contributed by atoms with E-state index in [1.807, 2.05) is 26.8 Å². The Hall–Kier alpha value is -2.29. The largest absolute Gasteiger partial charge is 0.481 e. The molecule has 3 rings (SSSR count). The summed E-state index contributed by atoms with van der Waals surface area (Å²) in [6, 6.07) is 12.8. The molecule has 2 aromatic carbocycles. The van der Waals surface area contributed by atoms with Crippen LogP contribution >= 0.6 is 0 Å². The molecule has 0 unspecified atom stereocenters. The lowest BCUT2D eigenvalue weighted by Gasteiger charge is -2.23. The van der Waals surface area contributed by atoms with Gasteiger partial charge in [0.15, 0.2) is 6.10 Å². The second-order valence-corrected chi connectivity index (χ2v) is 8.42. The number of hydrogen-bond acceptors (Lipinski definition) is 2. The van der Waals surface area contributed by atoms with Crippen LogP contribution in [0.5, 0.6) is 5.75 Å². The summed E-state index contributed by atoms with van der Waals surface area (Å²) in [7, 11) is 0. The van der Waals surface area contributed by atoms with Crippen LogP contribution in [-0.4, -0.2) is 12.0 Å². The highest BCUT2D eigenvalue weighted by Gasteiger charge is 2.20. The van der Waals surface area contributed by atoms with Gasteiger partial charge < -0.3 is 10.1 Å². The van der Waals surface area contributed by atoms with Crippen LogP contribution in [0.25, 0.3) is 0 Å². The lowest BCUT2D eigenvalue weighted by Crippen LogP contribution is -2.38. The van der Waals surface area contributed by atoms with Crippen LogP contribution in [0.2, 0.25) is 0 Å². The lowest BCUT2D eigenvalue weighted by molar-refractivity contribution is -0.127. The predicted molar refractivity (Wildman–Crippen MR) is 115 cm³/mol. The quantitative estimate of drug-likeness (QED) is 0.705. The van der Waals surface area contributed by atoms with Gasteiger partial charge >= 0.3 is 0 Å². The van der Waals surface area contributed by atoms with Gasteiger partial charge in [0, 0.05) is 0 Å². The first-order valence-corrected chi connectivity index (χ1v) is 10.5. The molecule has 2 atom stereocenters. The van der Waals surface area contributed by atoms with Gasteiger partial charge in [-0.25, -0.2) is 0 Å². The molecule has 0 bridgehead atoms. The van der Waals surface area contributed by atoms with Crippen molar-refractivity contribution < 1.29 is 9.53 Å². The van der Waals surface area contributed by atoms with Crippen molar-refractivity contribution in [1.82, 2.24) is 5.32 Å². The maximum atomic E-state index is 12.7. The Balaban J connectivity index is 1.67. The maximum Gasteiger partial charge on any atom is 0.261 e. The zero-order valence-corrected chi connectivity index (χ0v) is 17.8. The van der Waals surface area contributed by atoms with Gasteiger partial charge in [0.25, 0.3) is 5.91 Å². The minimum Gasteiger partial charge on any atom is -0.481 e. The Morgan fingerprint density at radius 1 is 0.964 bits per heavy atom. The fraction of sp³-hybridized carbons (Fsp3) is 0.480. The number of rotatable bonds is 6. The van der Waals surface area contributed by atoms with Gasteiger partial charge in [-0.15, -0.1) is 0 Å². The van der Waals surface area contributed by atoms with E-state index in [-0.39, 0.29) is 11.9 Å². The van der Waals surface area contributed by atoms with Crippen molar-refractivity contribution in [1.29, 1.82) is 0 Å². The van der Waals surface area contributed by atoms with Gasteiger partial charge in [0.1, 0.15) is 5.75 Å². The highest BCUT2D eigenvalue weighted by atomic mass is 16.5. The molecule has 1 N–H and O–H groups in total. The van der Waals surface area contributed by atoms with Gasteiger partial charge in [-0.3, -0.25) is 4.79 Å². The summed E-state index contributed by atoms with van der Waals surface area (Å²) >= 11 is 0. The van der Waals surface area contributed by atoms with Crippen LogP contribution in [0.1, 0.15) is 80.3 Å². The van der Waals surface area contributed by atoms with Crippen molar-refractivity contribution in [3.05, 3.63) is 64.2 Å². The summed E-state index contributed by atoms with van der Waals surface area (Å²) in [6.45, 7) is 10.2. The molecule has 1 aliphatic rings. The molecule has 0 spiro atoms. The average molecular weight is 380 g/mol. The zero-order chi connectivity index (χ0) is 20.3. The second-order valence-electron chi connectivity index (χ2n) is 8.42. The summed E-state index contributed by atoms with van der Waals surface area (Å²) in [5, 5.41) is 3.12. The third-order valence-electron chi connectivity index (χ3n) is 5.70. The Labute approximate surface area is 169 Å². The van der Waals surface area contributed by atoms with Gasteiger partial charge in [0.05, 0.1) is 6.04 Å². The summed E-state index contributed by atoms with van der Waals surface area (Å²) in [5.41, 5.74) is 6.34. The van der Waals surface area contributed by atoms with Crippen molar-refractivity contribution in [3.63, 3.8) is 0 Å². The molecular weight excluding hydrogens is 346 g/mol. The number of aryl methyl sites for hydroxylation is 3. The summed E-state index contributed by atoms with van der Waals surface area (Å²) in [4.78, 5) is 12.7. The minimum absolute atomic E-state index is 0.0344. The first kappa shape index (κ1) is 20.4. The Kier molecular flexibility index (Phi) is 6.43. The molecule has 0 saturated carbocycles. The molecule has 0 fully saturated rings. The van der Waals surface area contributed by atoms with Crippen LogP contribution in [0.3, 0.4) is 0 Å². The minimum atomic E-state index is -0.542. The number of amides is 1. The van der Waals surface area contributed by atoms with E-state index in [2.05, 4.69) is 49.5 Å². The summed E-state index contributed by atoms with van der Waals surface area (Å²) in [5.74, 6) is 1.07. The standard InChI is InChI=1S/C25H33NO2/c1-16(2)23-13-10-17(3)14-24(23)28-19(5)25(27)26-18(4)21-12-11-20-8-6-7-9-22(20)15-21/h10-16,18-19H,6-9H2,1-5H3,(H,26,27)/t18-,19+/m1/s1. The molecule has 1 amide bonds. The number of carbonyl (C=O) groups is 1. The third kappa shape index (κ3) is 4.76. The highest BCUT2D eigenvalue weighted by Crippen LogP contribution is 2.29. The van der Waals surface area contributed by atoms with E-state index in [0.717, 1.165) is 23.3 Å². The average Bonchev–Trinajstić information content (AvgIpc) is 2.67. The monoisotopic (exact) mass is 379 g/mol. The van der Waals surface area contributed by atoms with Crippen LogP contribution < -0.4 is 10.1 Å². The third-order valence-corrected chi connectivity index (χ3v) is 5.70. The normalized spacial score (nSPS) is 15.6. The fourth-order valence-corrected chi connectivity index (χ4v) is 3.90. The second kappa shape index (κ2) is 8.81. The van der Waals surface area contributed by atoms with Crippen LogP contribution in [0.15, 0.2) is 36.4 Å². The van der Waals surface area contributed by atoms with Gasteiger partial charge in [-0.05, 0) is 86.3 Å². The number of benzene rings is 2. The van der Waals surface area contributed by atoms with Crippen LogP contribution in [-0.2, 0) is 17.6 Å². The highest BCUT2D eigenvalue weighted by molar-refractivity contribution is 5.81. The summed E-state index contributed by atoms with van der Waals surface area (Å²) < 4.78 is 6.06. The summed E-state index contributed by atoms with van der Waals surface area (Å²) in [6.07, 6.45) is 4.32. The molecule has 0 aromatic heterocycles. The van der Waals surface area contributed by atoms with E-state index in [0.29, 0.717) is 5.92 Å². The topological polar surface area (TPSA) is 38.3 Å². The Bertz CT molecular complexity index is 840. The van der Waals surface area contributed by atoms with Crippen LogP contribution in [0, 0.1) is 6.92 Å². The van der Waals surface area contributed by atoms with Gasteiger partial charge in [-0.1, -0.05) is 44.2 Å². The number of fused-ring (bicyclic) bond motifs is 1. The number of carbonyl (C=O) groups excluding carboxylic acids is 1. The molecule has 150 valence electrons. The molecule has 3 heteroatoms. The van der Waals surface area contributed by atoms with Crippen LogP contribution in [0.4, 0.5) is 0 Å². The first-order valence-electron chi connectivity index (χ1n) is 10.5. The molecule has 0 saturated heterocycles. The first-order chi connectivity index (χ1) is 13.3. The van der Waals surface area contributed by atoms with E-state index >= 15 is 0 Å². The Morgan fingerprint density at radius 3 is 2.39 bits per heavy atom.